The minimum atomic E-state index is 0.626. The van der Waals surface area contributed by atoms with E-state index in [1.165, 1.54) is 11.3 Å². The molecule has 0 atom stereocenters. The second-order valence-electron chi connectivity index (χ2n) is 3.91. The maximum atomic E-state index is 5.72. The van der Waals surface area contributed by atoms with Gasteiger partial charge in [0.25, 0.3) is 0 Å². The molecule has 1 aliphatic heterocycles. The SMILES string of the molecule is CC.c1ccc(N2COc3ccccc3C2)cc1. The van der Waals surface area contributed by atoms with Crippen molar-refractivity contribution in [2.45, 2.75) is 20.4 Å². The third-order valence-electron chi connectivity index (χ3n) is 2.83. The number of ether oxygens (including phenoxy) is 1. The standard InChI is InChI=1S/C14H13NO.C2H6/c1-2-7-13(8-3-1)15-10-12-6-4-5-9-14(12)16-11-15;1-2/h1-9H,10-11H2;1-2H3. The van der Waals surface area contributed by atoms with Crippen LogP contribution in [0, 0.1) is 0 Å². The highest BCUT2D eigenvalue weighted by atomic mass is 16.5. The molecule has 3 rings (SSSR count). The molecule has 2 aromatic rings. The predicted molar refractivity (Wildman–Crippen MR) is 75.9 cm³/mol. The van der Waals surface area contributed by atoms with Crippen LogP contribution in [0.5, 0.6) is 5.75 Å². The fourth-order valence-corrected chi connectivity index (χ4v) is 1.98. The average molecular weight is 241 g/mol. The Bertz CT molecular complexity index is 481. The van der Waals surface area contributed by atoms with Gasteiger partial charge in [-0.25, -0.2) is 0 Å². The Labute approximate surface area is 109 Å². The molecule has 0 bridgehead atoms. The molecule has 18 heavy (non-hydrogen) atoms. The van der Waals surface area contributed by atoms with Gasteiger partial charge in [-0.3, -0.25) is 0 Å². The lowest BCUT2D eigenvalue weighted by Crippen LogP contribution is -2.31. The zero-order chi connectivity index (χ0) is 12.8. The normalized spacial score (nSPS) is 12.9. The van der Waals surface area contributed by atoms with Gasteiger partial charge in [0.15, 0.2) is 6.73 Å². The molecular weight excluding hydrogens is 222 g/mol. The second-order valence-corrected chi connectivity index (χ2v) is 3.91. The number of rotatable bonds is 1. The maximum Gasteiger partial charge on any atom is 0.161 e. The van der Waals surface area contributed by atoms with E-state index in [0.717, 1.165) is 12.3 Å². The summed E-state index contributed by atoms with van der Waals surface area (Å²) in [6.07, 6.45) is 0. The minimum absolute atomic E-state index is 0.626. The molecule has 0 unspecified atom stereocenters. The van der Waals surface area contributed by atoms with Crippen molar-refractivity contribution in [1.29, 1.82) is 0 Å². The van der Waals surface area contributed by atoms with Gasteiger partial charge >= 0.3 is 0 Å². The molecule has 0 radical (unpaired) electrons. The molecule has 0 aliphatic carbocycles. The quantitative estimate of drug-likeness (QED) is 0.746. The summed E-state index contributed by atoms with van der Waals surface area (Å²) < 4.78 is 5.72. The van der Waals surface area contributed by atoms with Crippen molar-refractivity contribution in [1.82, 2.24) is 0 Å². The van der Waals surface area contributed by atoms with Crippen LogP contribution in [0.15, 0.2) is 54.6 Å². The smallest absolute Gasteiger partial charge is 0.161 e. The van der Waals surface area contributed by atoms with Crippen molar-refractivity contribution in [3.05, 3.63) is 60.2 Å². The molecular formula is C16H19NO. The fraction of sp³-hybridized carbons (Fsp3) is 0.250. The first-order valence-corrected chi connectivity index (χ1v) is 6.44. The molecule has 1 aliphatic rings. The van der Waals surface area contributed by atoms with Gasteiger partial charge in [0.1, 0.15) is 5.75 Å². The first kappa shape index (κ1) is 12.5. The monoisotopic (exact) mass is 241 g/mol. The van der Waals surface area contributed by atoms with Gasteiger partial charge in [0.05, 0.1) is 0 Å². The topological polar surface area (TPSA) is 12.5 Å². The largest absolute Gasteiger partial charge is 0.473 e. The molecule has 0 N–H and O–H groups in total. The first-order valence-electron chi connectivity index (χ1n) is 6.44. The van der Waals surface area contributed by atoms with Crippen molar-refractivity contribution in [2.24, 2.45) is 0 Å². The highest BCUT2D eigenvalue weighted by Crippen LogP contribution is 2.27. The van der Waals surface area contributed by atoms with Crippen LogP contribution in [0.3, 0.4) is 0 Å². The summed E-state index contributed by atoms with van der Waals surface area (Å²) in [7, 11) is 0. The van der Waals surface area contributed by atoms with Crippen LogP contribution in [0.4, 0.5) is 5.69 Å². The Morgan fingerprint density at radius 2 is 1.56 bits per heavy atom. The van der Waals surface area contributed by atoms with Gasteiger partial charge in [-0.15, -0.1) is 0 Å². The average Bonchev–Trinajstić information content (AvgIpc) is 2.50. The van der Waals surface area contributed by atoms with Crippen LogP contribution in [0.25, 0.3) is 0 Å². The number of para-hydroxylation sites is 2. The van der Waals surface area contributed by atoms with Gasteiger partial charge in [0.2, 0.25) is 0 Å². The summed E-state index contributed by atoms with van der Waals surface area (Å²) in [6, 6.07) is 18.6. The summed E-state index contributed by atoms with van der Waals surface area (Å²) in [5.74, 6) is 1.01. The van der Waals surface area contributed by atoms with Crippen LogP contribution < -0.4 is 9.64 Å². The van der Waals surface area contributed by atoms with Crippen LogP contribution in [0.2, 0.25) is 0 Å². The summed E-state index contributed by atoms with van der Waals surface area (Å²) in [6.45, 7) is 5.54. The number of benzene rings is 2. The number of hydrogen-bond donors (Lipinski definition) is 0. The highest BCUT2D eigenvalue weighted by Gasteiger charge is 2.16. The molecule has 0 aromatic heterocycles. The molecule has 2 aromatic carbocycles. The van der Waals surface area contributed by atoms with E-state index in [2.05, 4.69) is 41.3 Å². The molecule has 0 saturated heterocycles. The highest BCUT2D eigenvalue weighted by molar-refractivity contribution is 5.49. The van der Waals surface area contributed by atoms with E-state index >= 15 is 0 Å². The van der Waals surface area contributed by atoms with Crippen LogP contribution >= 0.6 is 0 Å². The first-order chi connectivity index (χ1) is 8.93. The van der Waals surface area contributed by atoms with Crippen molar-refractivity contribution in [2.75, 3.05) is 11.6 Å². The molecule has 0 spiro atoms. The zero-order valence-corrected chi connectivity index (χ0v) is 11.0. The van der Waals surface area contributed by atoms with E-state index in [1.54, 1.807) is 0 Å². The van der Waals surface area contributed by atoms with Gasteiger partial charge in [-0.1, -0.05) is 50.2 Å². The lowest BCUT2D eigenvalue weighted by molar-refractivity contribution is 0.289. The molecule has 2 nitrogen and oxygen atoms in total. The molecule has 2 heteroatoms. The van der Waals surface area contributed by atoms with Gasteiger partial charge in [-0.2, -0.15) is 0 Å². The van der Waals surface area contributed by atoms with E-state index in [1.807, 2.05) is 32.0 Å². The Hall–Kier alpha value is -1.96. The Kier molecular flexibility index (Phi) is 4.24. The zero-order valence-electron chi connectivity index (χ0n) is 11.0. The lowest BCUT2D eigenvalue weighted by Gasteiger charge is -2.30. The van der Waals surface area contributed by atoms with E-state index in [0.29, 0.717) is 6.73 Å². The minimum Gasteiger partial charge on any atom is -0.473 e. The number of nitrogens with zero attached hydrogens (tertiary/aromatic N) is 1. The van der Waals surface area contributed by atoms with Crippen molar-refractivity contribution < 1.29 is 4.74 Å². The molecule has 94 valence electrons. The lowest BCUT2D eigenvalue weighted by atomic mass is 10.1. The van der Waals surface area contributed by atoms with Crippen LogP contribution in [-0.4, -0.2) is 6.73 Å². The molecule has 0 saturated carbocycles. The van der Waals surface area contributed by atoms with Gasteiger partial charge in [-0.05, 0) is 18.2 Å². The van der Waals surface area contributed by atoms with E-state index in [-0.39, 0.29) is 0 Å². The third kappa shape index (κ3) is 2.65. The molecule has 0 fully saturated rings. The molecule has 0 amide bonds. The van der Waals surface area contributed by atoms with Crippen molar-refractivity contribution in [3.8, 4) is 5.75 Å². The summed E-state index contributed by atoms with van der Waals surface area (Å²) in [5, 5.41) is 0. The summed E-state index contributed by atoms with van der Waals surface area (Å²) in [4.78, 5) is 2.22. The van der Waals surface area contributed by atoms with E-state index < -0.39 is 0 Å². The van der Waals surface area contributed by atoms with Crippen molar-refractivity contribution in [3.63, 3.8) is 0 Å². The summed E-state index contributed by atoms with van der Waals surface area (Å²) >= 11 is 0. The Morgan fingerprint density at radius 1 is 0.889 bits per heavy atom. The van der Waals surface area contributed by atoms with E-state index in [4.69, 9.17) is 4.74 Å². The number of anilines is 1. The second kappa shape index (κ2) is 6.10. The fourth-order valence-electron chi connectivity index (χ4n) is 1.98. The molecule has 1 heterocycles. The Balaban J connectivity index is 0.000000574. The summed E-state index contributed by atoms with van der Waals surface area (Å²) in [5.41, 5.74) is 2.45. The number of fused-ring (bicyclic) bond motifs is 1. The maximum absolute atomic E-state index is 5.72. The predicted octanol–water partition coefficient (Wildman–Crippen LogP) is 4.07. The number of hydrogen-bond acceptors (Lipinski definition) is 2. The van der Waals surface area contributed by atoms with Crippen molar-refractivity contribution >= 4 is 5.69 Å². The third-order valence-corrected chi connectivity index (χ3v) is 2.83. The van der Waals surface area contributed by atoms with Gasteiger partial charge < -0.3 is 9.64 Å². The Morgan fingerprint density at radius 3 is 2.33 bits per heavy atom. The van der Waals surface area contributed by atoms with Crippen LogP contribution in [-0.2, 0) is 6.54 Å². The van der Waals surface area contributed by atoms with E-state index in [9.17, 15) is 0 Å². The van der Waals surface area contributed by atoms with Crippen LogP contribution in [0.1, 0.15) is 19.4 Å². The van der Waals surface area contributed by atoms with Gasteiger partial charge in [0, 0.05) is 17.8 Å².